The second-order valence-electron chi connectivity index (χ2n) is 5.19. The van der Waals surface area contributed by atoms with Gasteiger partial charge in [-0.25, -0.2) is 0 Å². The lowest BCUT2D eigenvalue weighted by Crippen LogP contribution is -2.23. The van der Waals surface area contributed by atoms with Gasteiger partial charge in [0.2, 0.25) is 0 Å². The van der Waals surface area contributed by atoms with E-state index in [1.54, 1.807) is 19.9 Å². The first-order valence-corrected chi connectivity index (χ1v) is 8.26. The number of carbonyl (C=O) groups is 1. The molecule has 1 aliphatic rings. The molecule has 1 N–H and O–H groups in total. The predicted octanol–water partition coefficient (Wildman–Crippen LogP) is 4.01. The average Bonchev–Trinajstić information content (AvgIpc) is 2.78. The molecule has 0 bridgehead atoms. The van der Waals surface area contributed by atoms with Crippen LogP contribution in [0.1, 0.15) is 27.4 Å². The van der Waals surface area contributed by atoms with Crippen molar-refractivity contribution in [3.05, 3.63) is 44.3 Å². The van der Waals surface area contributed by atoms with E-state index in [2.05, 4.69) is 21.2 Å². The number of amides is 1. The van der Waals surface area contributed by atoms with Crippen molar-refractivity contribution in [2.24, 2.45) is 0 Å². The fourth-order valence-electron chi connectivity index (χ4n) is 2.45. The number of carbonyl (C=O) groups excluding carboxylic acids is 1. The maximum Gasteiger partial charge on any atom is 0.256 e. The van der Waals surface area contributed by atoms with Gasteiger partial charge in [-0.2, -0.15) is 0 Å². The summed E-state index contributed by atoms with van der Waals surface area (Å²) in [7, 11) is 0. The Labute approximate surface area is 147 Å². The lowest BCUT2D eigenvalue weighted by Gasteiger charge is -2.20. The number of furan rings is 1. The van der Waals surface area contributed by atoms with Gasteiger partial charge >= 0.3 is 0 Å². The summed E-state index contributed by atoms with van der Waals surface area (Å²) in [4.78, 5) is 12.4. The monoisotopic (exact) mass is 399 g/mol. The van der Waals surface area contributed by atoms with Gasteiger partial charge in [0.25, 0.3) is 5.91 Å². The van der Waals surface area contributed by atoms with E-state index in [0.29, 0.717) is 57.8 Å². The molecule has 2 heterocycles. The maximum absolute atomic E-state index is 12.4. The third-order valence-corrected chi connectivity index (χ3v) is 4.76. The van der Waals surface area contributed by atoms with Crippen molar-refractivity contribution >= 4 is 33.4 Å². The van der Waals surface area contributed by atoms with Crippen molar-refractivity contribution < 1.29 is 18.7 Å². The Morgan fingerprint density at radius 1 is 1.26 bits per heavy atom. The molecule has 1 aromatic heterocycles. The minimum absolute atomic E-state index is 0.211. The first-order valence-electron chi connectivity index (χ1n) is 7.09. The van der Waals surface area contributed by atoms with Crippen molar-refractivity contribution in [2.75, 3.05) is 13.2 Å². The molecule has 1 aliphatic heterocycles. The molecule has 3 rings (SSSR count). The zero-order chi connectivity index (χ0) is 16.6. The van der Waals surface area contributed by atoms with Gasteiger partial charge in [-0.15, -0.1) is 0 Å². The zero-order valence-electron chi connectivity index (χ0n) is 12.7. The number of nitrogens with one attached hydrogen (secondary N) is 1. The standard InChI is InChI=1S/C16H15BrClNO4/c1-8-13(14(17)9(2)23-8)16(20)19-7-10-5-11(18)15-12(6-10)21-3-4-22-15/h5-6H,3-4,7H2,1-2H3,(H,19,20). The van der Waals surface area contributed by atoms with Crippen LogP contribution in [0.3, 0.4) is 0 Å². The molecule has 0 aliphatic carbocycles. The predicted molar refractivity (Wildman–Crippen MR) is 89.5 cm³/mol. The topological polar surface area (TPSA) is 60.7 Å². The smallest absolute Gasteiger partial charge is 0.256 e. The van der Waals surface area contributed by atoms with E-state index in [1.165, 1.54) is 0 Å². The molecule has 5 nitrogen and oxygen atoms in total. The number of rotatable bonds is 3. The van der Waals surface area contributed by atoms with Gasteiger partial charge in [-0.05, 0) is 47.5 Å². The van der Waals surface area contributed by atoms with Crippen molar-refractivity contribution in [3.8, 4) is 11.5 Å². The van der Waals surface area contributed by atoms with Crippen molar-refractivity contribution in [2.45, 2.75) is 20.4 Å². The van der Waals surface area contributed by atoms with E-state index in [4.69, 9.17) is 25.5 Å². The second kappa shape index (κ2) is 6.45. The Balaban J connectivity index is 1.76. The zero-order valence-corrected chi connectivity index (χ0v) is 15.0. The van der Waals surface area contributed by atoms with E-state index < -0.39 is 0 Å². The van der Waals surface area contributed by atoms with Crippen molar-refractivity contribution in [3.63, 3.8) is 0 Å². The van der Waals surface area contributed by atoms with Crippen LogP contribution in [0.4, 0.5) is 0 Å². The summed E-state index contributed by atoms with van der Waals surface area (Å²) in [6.07, 6.45) is 0. The molecule has 0 atom stereocenters. The molecule has 2 aromatic rings. The number of halogens is 2. The van der Waals surface area contributed by atoms with E-state index in [9.17, 15) is 4.79 Å². The molecule has 7 heteroatoms. The molecule has 0 saturated carbocycles. The van der Waals surface area contributed by atoms with Gasteiger partial charge in [0.15, 0.2) is 11.5 Å². The Bertz CT molecular complexity index is 772. The van der Waals surface area contributed by atoms with Gasteiger partial charge < -0.3 is 19.2 Å². The number of hydrogen-bond acceptors (Lipinski definition) is 4. The van der Waals surface area contributed by atoms with Crippen LogP contribution in [0.5, 0.6) is 11.5 Å². The van der Waals surface area contributed by atoms with Gasteiger partial charge in [0.05, 0.1) is 15.1 Å². The third-order valence-electron chi connectivity index (χ3n) is 3.52. The van der Waals surface area contributed by atoms with Crippen molar-refractivity contribution in [1.82, 2.24) is 5.32 Å². The normalized spacial score (nSPS) is 13.0. The molecule has 1 aromatic carbocycles. The van der Waals surface area contributed by atoms with Gasteiger partial charge in [-0.3, -0.25) is 4.79 Å². The van der Waals surface area contributed by atoms with Crippen molar-refractivity contribution in [1.29, 1.82) is 0 Å². The Kier molecular flexibility index (Phi) is 4.55. The van der Waals surface area contributed by atoms with E-state index in [0.717, 1.165) is 5.56 Å². The first-order chi connectivity index (χ1) is 11.0. The van der Waals surface area contributed by atoms with Crippen LogP contribution in [0.15, 0.2) is 21.0 Å². The average molecular weight is 401 g/mol. The van der Waals surface area contributed by atoms with Gasteiger partial charge in [0, 0.05) is 6.54 Å². The van der Waals surface area contributed by atoms with Crippen LogP contribution >= 0.6 is 27.5 Å². The SMILES string of the molecule is Cc1oc(C)c(C(=O)NCc2cc(Cl)c3c(c2)OCCO3)c1Br. The maximum atomic E-state index is 12.4. The number of fused-ring (bicyclic) bond motifs is 1. The first kappa shape index (κ1) is 16.2. The van der Waals surface area contributed by atoms with Crippen LogP contribution in [0, 0.1) is 13.8 Å². The van der Waals surface area contributed by atoms with Crippen LogP contribution < -0.4 is 14.8 Å². The Hall–Kier alpha value is -1.66. The molecule has 23 heavy (non-hydrogen) atoms. The molecule has 0 spiro atoms. The largest absolute Gasteiger partial charge is 0.486 e. The summed E-state index contributed by atoms with van der Waals surface area (Å²) in [6.45, 7) is 4.85. The number of benzene rings is 1. The summed E-state index contributed by atoms with van der Waals surface area (Å²) in [5, 5.41) is 3.34. The van der Waals surface area contributed by atoms with Gasteiger partial charge in [0.1, 0.15) is 24.7 Å². The van der Waals surface area contributed by atoms with E-state index in [-0.39, 0.29) is 5.91 Å². The molecular weight excluding hydrogens is 386 g/mol. The summed E-state index contributed by atoms with van der Waals surface area (Å²) >= 11 is 9.57. The quantitative estimate of drug-likeness (QED) is 0.845. The number of aryl methyl sites for hydroxylation is 2. The molecule has 0 radical (unpaired) electrons. The lowest BCUT2D eigenvalue weighted by molar-refractivity contribution is 0.0948. The molecule has 0 unspecified atom stereocenters. The number of hydrogen-bond donors (Lipinski definition) is 1. The second-order valence-corrected chi connectivity index (χ2v) is 6.39. The number of ether oxygens (including phenoxy) is 2. The molecular formula is C16H15BrClNO4. The Morgan fingerprint density at radius 3 is 2.70 bits per heavy atom. The van der Waals surface area contributed by atoms with Crippen LogP contribution in [0.25, 0.3) is 0 Å². The summed E-state index contributed by atoms with van der Waals surface area (Å²) in [5.74, 6) is 2.20. The Morgan fingerprint density at radius 2 is 2.00 bits per heavy atom. The van der Waals surface area contributed by atoms with Crippen LogP contribution in [-0.2, 0) is 6.54 Å². The molecule has 122 valence electrons. The minimum Gasteiger partial charge on any atom is -0.486 e. The van der Waals surface area contributed by atoms with E-state index in [1.807, 2.05) is 6.07 Å². The summed E-state index contributed by atoms with van der Waals surface area (Å²) in [5.41, 5.74) is 1.34. The highest BCUT2D eigenvalue weighted by molar-refractivity contribution is 9.10. The minimum atomic E-state index is -0.211. The van der Waals surface area contributed by atoms with Crippen LogP contribution in [-0.4, -0.2) is 19.1 Å². The van der Waals surface area contributed by atoms with Gasteiger partial charge in [-0.1, -0.05) is 11.6 Å². The van der Waals surface area contributed by atoms with E-state index >= 15 is 0 Å². The highest BCUT2D eigenvalue weighted by Gasteiger charge is 2.20. The highest BCUT2D eigenvalue weighted by atomic mass is 79.9. The summed E-state index contributed by atoms with van der Waals surface area (Å²) < 4.78 is 17.1. The van der Waals surface area contributed by atoms with Crippen LogP contribution in [0.2, 0.25) is 5.02 Å². The lowest BCUT2D eigenvalue weighted by atomic mass is 10.1. The third kappa shape index (κ3) is 3.19. The molecule has 1 amide bonds. The fraction of sp³-hybridized carbons (Fsp3) is 0.312. The molecule has 0 saturated heterocycles. The molecule has 0 fully saturated rings. The summed E-state index contributed by atoms with van der Waals surface area (Å²) in [6, 6.07) is 3.58. The fourth-order valence-corrected chi connectivity index (χ4v) is 3.28. The highest BCUT2D eigenvalue weighted by Crippen LogP contribution is 2.38.